The molecule has 0 fully saturated rings. The molecule has 0 saturated carbocycles. The van der Waals surface area contributed by atoms with Crippen LogP contribution in [0.2, 0.25) is 5.15 Å². The summed E-state index contributed by atoms with van der Waals surface area (Å²) in [6.07, 6.45) is -2.69. The summed E-state index contributed by atoms with van der Waals surface area (Å²) in [7, 11) is 0. The molecule has 0 amide bonds. The Bertz CT molecular complexity index is 303. The Morgan fingerprint density at radius 2 is 2.00 bits per heavy atom. The van der Waals surface area contributed by atoms with Crippen molar-refractivity contribution in [1.82, 2.24) is 4.98 Å². The van der Waals surface area contributed by atoms with Crippen LogP contribution in [-0.4, -0.2) is 4.98 Å². The fourth-order valence-corrected chi connectivity index (χ4v) is 0.949. The van der Waals surface area contributed by atoms with Gasteiger partial charge in [0.2, 0.25) is 0 Å². The van der Waals surface area contributed by atoms with Crippen molar-refractivity contribution in [2.75, 3.05) is 11.5 Å². The predicted octanol–water partition coefficient (Wildman–Crippen LogP) is 1.84. The van der Waals surface area contributed by atoms with E-state index in [1.165, 1.54) is 0 Å². The highest BCUT2D eigenvalue weighted by atomic mass is 35.5. The van der Waals surface area contributed by atoms with E-state index in [4.69, 9.17) is 23.1 Å². The lowest BCUT2D eigenvalue weighted by atomic mass is 10.2. The fourth-order valence-electron chi connectivity index (χ4n) is 0.743. The van der Waals surface area contributed by atoms with Gasteiger partial charge in [0.05, 0.1) is 5.69 Å². The van der Waals surface area contributed by atoms with Gasteiger partial charge in [-0.15, -0.1) is 0 Å². The normalized spacial score (nSPS) is 10.7. The Hall–Kier alpha value is -1.10. The van der Waals surface area contributed by atoms with Crippen LogP contribution < -0.4 is 11.5 Å². The zero-order chi connectivity index (χ0) is 9.30. The van der Waals surface area contributed by atoms with E-state index in [0.717, 1.165) is 6.07 Å². The summed E-state index contributed by atoms with van der Waals surface area (Å²) in [4.78, 5) is 3.50. The molecule has 66 valence electrons. The molecule has 0 aliphatic rings. The molecule has 0 atom stereocenters. The summed E-state index contributed by atoms with van der Waals surface area (Å²) in [6, 6.07) is 1.01. The summed E-state index contributed by atoms with van der Waals surface area (Å²) in [5.74, 6) is -0.0653. The minimum atomic E-state index is -2.69. The van der Waals surface area contributed by atoms with Crippen molar-refractivity contribution in [2.24, 2.45) is 0 Å². The van der Waals surface area contributed by atoms with Gasteiger partial charge in [0.1, 0.15) is 5.82 Å². The monoisotopic (exact) mass is 193 g/mol. The predicted molar refractivity (Wildman–Crippen MR) is 43.0 cm³/mol. The molecule has 0 aliphatic heterocycles. The first-order valence-corrected chi connectivity index (χ1v) is 3.39. The number of hydrogen-bond acceptors (Lipinski definition) is 3. The molecule has 0 bridgehead atoms. The van der Waals surface area contributed by atoms with Crippen molar-refractivity contribution in [2.45, 2.75) is 6.43 Å². The Morgan fingerprint density at radius 1 is 1.42 bits per heavy atom. The standard InChI is InChI=1S/C6H6ClF2N3/c7-5-4(11)2(6(8)9)1-3(10)12-5/h1,6H,11H2,(H2,10,12). The van der Waals surface area contributed by atoms with E-state index in [0.29, 0.717) is 0 Å². The van der Waals surface area contributed by atoms with Crippen LogP contribution >= 0.6 is 11.6 Å². The third-order valence-corrected chi connectivity index (χ3v) is 1.59. The molecule has 3 nitrogen and oxygen atoms in total. The molecule has 0 spiro atoms. The quantitative estimate of drug-likeness (QED) is 0.669. The Morgan fingerprint density at radius 3 is 2.50 bits per heavy atom. The fraction of sp³-hybridized carbons (Fsp3) is 0.167. The molecule has 6 heteroatoms. The lowest BCUT2D eigenvalue weighted by Gasteiger charge is -2.06. The Kier molecular flexibility index (Phi) is 2.32. The summed E-state index contributed by atoms with van der Waals surface area (Å²) in [6.45, 7) is 0. The molecule has 1 heterocycles. The average molecular weight is 194 g/mol. The van der Waals surface area contributed by atoms with Crippen molar-refractivity contribution in [1.29, 1.82) is 0 Å². The average Bonchev–Trinajstić information content (AvgIpc) is 1.96. The van der Waals surface area contributed by atoms with Gasteiger partial charge in [-0.2, -0.15) is 0 Å². The van der Waals surface area contributed by atoms with E-state index >= 15 is 0 Å². The van der Waals surface area contributed by atoms with Crippen LogP contribution in [0.5, 0.6) is 0 Å². The summed E-state index contributed by atoms with van der Waals surface area (Å²) in [5, 5.41) is -0.190. The number of halogens is 3. The lowest BCUT2D eigenvalue weighted by Crippen LogP contribution is -2.01. The van der Waals surface area contributed by atoms with Crippen LogP contribution in [0.3, 0.4) is 0 Å². The van der Waals surface area contributed by atoms with Crippen molar-refractivity contribution >= 4 is 23.1 Å². The number of hydrogen-bond donors (Lipinski definition) is 2. The van der Waals surface area contributed by atoms with Crippen molar-refractivity contribution in [3.8, 4) is 0 Å². The SMILES string of the molecule is Nc1cc(C(F)F)c(N)c(Cl)n1. The second kappa shape index (κ2) is 3.10. The van der Waals surface area contributed by atoms with Crippen LogP contribution in [0, 0.1) is 0 Å². The molecule has 0 saturated heterocycles. The third-order valence-electron chi connectivity index (χ3n) is 1.30. The highest BCUT2D eigenvalue weighted by molar-refractivity contribution is 6.32. The molecule has 1 rings (SSSR count). The summed E-state index contributed by atoms with van der Waals surface area (Å²) >= 11 is 5.41. The van der Waals surface area contributed by atoms with Crippen LogP contribution in [-0.2, 0) is 0 Å². The van der Waals surface area contributed by atoms with E-state index in [9.17, 15) is 8.78 Å². The van der Waals surface area contributed by atoms with Crippen molar-refractivity contribution in [3.63, 3.8) is 0 Å². The second-order valence-corrected chi connectivity index (χ2v) is 2.50. The van der Waals surface area contributed by atoms with Gasteiger partial charge in [-0.1, -0.05) is 11.6 Å². The highest BCUT2D eigenvalue weighted by Crippen LogP contribution is 2.30. The van der Waals surface area contributed by atoms with Gasteiger partial charge in [0, 0.05) is 5.56 Å². The van der Waals surface area contributed by atoms with E-state index in [1.54, 1.807) is 0 Å². The number of nitrogens with two attached hydrogens (primary N) is 2. The molecule has 0 aromatic carbocycles. The smallest absolute Gasteiger partial charge is 0.266 e. The van der Waals surface area contributed by atoms with Gasteiger partial charge in [0.25, 0.3) is 6.43 Å². The van der Waals surface area contributed by atoms with E-state index in [2.05, 4.69) is 4.98 Å². The van der Waals surface area contributed by atoms with E-state index in [-0.39, 0.29) is 22.2 Å². The first kappa shape index (κ1) is 8.99. The van der Waals surface area contributed by atoms with Gasteiger partial charge in [-0.3, -0.25) is 0 Å². The Balaban J connectivity index is 3.28. The van der Waals surface area contributed by atoms with Gasteiger partial charge < -0.3 is 11.5 Å². The first-order valence-electron chi connectivity index (χ1n) is 3.02. The lowest BCUT2D eigenvalue weighted by molar-refractivity contribution is 0.152. The Labute approximate surface area is 72.3 Å². The maximum absolute atomic E-state index is 12.2. The third kappa shape index (κ3) is 1.55. The molecule has 0 aliphatic carbocycles. The topological polar surface area (TPSA) is 64.9 Å². The van der Waals surface area contributed by atoms with Gasteiger partial charge in [-0.25, -0.2) is 13.8 Å². The summed E-state index contributed by atoms with van der Waals surface area (Å²) in [5.41, 5.74) is 9.80. The largest absolute Gasteiger partial charge is 0.396 e. The van der Waals surface area contributed by atoms with Crippen LogP contribution in [0.25, 0.3) is 0 Å². The van der Waals surface area contributed by atoms with Crippen LogP contribution in [0.1, 0.15) is 12.0 Å². The van der Waals surface area contributed by atoms with Gasteiger partial charge in [0.15, 0.2) is 5.15 Å². The highest BCUT2D eigenvalue weighted by Gasteiger charge is 2.15. The minimum absolute atomic E-state index is 0.0653. The number of nitrogen functional groups attached to an aromatic ring is 2. The van der Waals surface area contributed by atoms with Crippen LogP contribution in [0.15, 0.2) is 6.07 Å². The number of pyridine rings is 1. The van der Waals surface area contributed by atoms with Gasteiger partial charge >= 0.3 is 0 Å². The van der Waals surface area contributed by atoms with Crippen molar-refractivity contribution in [3.05, 3.63) is 16.8 Å². The number of rotatable bonds is 1. The number of nitrogens with zero attached hydrogens (tertiary/aromatic N) is 1. The molecule has 1 aromatic rings. The van der Waals surface area contributed by atoms with E-state index in [1.807, 2.05) is 0 Å². The van der Waals surface area contributed by atoms with Gasteiger partial charge in [-0.05, 0) is 6.07 Å². The first-order chi connectivity index (χ1) is 5.52. The maximum Gasteiger partial charge on any atom is 0.266 e. The minimum Gasteiger partial charge on any atom is -0.396 e. The molecule has 0 unspecified atom stereocenters. The molecule has 0 radical (unpaired) electrons. The number of anilines is 2. The number of alkyl halides is 2. The van der Waals surface area contributed by atoms with E-state index < -0.39 is 6.43 Å². The van der Waals surface area contributed by atoms with Crippen molar-refractivity contribution < 1.29 is 8.78 Å². The summed E-state index contributed by atoms with van der Waals surface area (Å²) < 4.78 is 24.3. The second-order valence-electron chi connectivity index (χ2n) is 2.14. The molecular formula is C6H6ClF2N3. The zero-order valence-electron chi connectivity index (χ0n) is 5.89. The zero-order valence-corrected chi connectivity index (χ0v) is 6.65. The number of aromatic nitrogens is 1. The maximum atomic E-state index is 12.2. The molecule has 4 N–H and O–H groups in total. The molecule has 1 aromatic heterocycles. The molecule has 12 heavy (non-hydrogen) atoms. The molecular weight excluding hydrogens is 188 g/mol. The van der Waals surface area contributed by atoms with Crippen LogP contribution in [0.4, 0.5) is 20.3 Å².